The van der Waals surface area contributed by atoms with Crippen molar-refractivity contribution in [2.75, 3.05) is 6.61 Å². The predicted molar refractivity (Wildman–Crippen MR) is 46.9 cm³/mol. The molecule has 0 radical (unpaired) electrons. The van der Waals surface area contributed by atoms with Crippen LogP contribution in [0.15, 0.2) is 0 Å². The van der Waals surface area contributed by atoms with Crippen LogP contribution in [0.3, 0.4) is 0 Å². The standard InChI is InChI=1S/C10H18O2/c1-9(2)8-11-10(12-9)6-4-3-5-7-10/h3-8H2,1-2H3. The molecule has 0 bridgehead atoms. The van der Waals surface area contributed by atoms with Gasteiger partial charge in [-0.1, -0.05) is 6.42 Å². The zero-order valence-corrected chi connectivity index (χ0v) is 8.06. The van der Waals surface area contributed by atoms with Gasteiger partial charge >= 0.3 is 0 Å². The van der Waals surface area contributed by atoms with Gasteiger partial charge in [-0.25, -0.2) is 0 Å². The summed E-state index contributed by atoms with van der Waals surface area (Å²) in [4.78, 5) is 0. The van der Waals surface area contributed by atoms with Crippen LogP contribution < -0.4 is 0 Å². The monoisotopic (exact) mass is 170 g/mol. The Morgan fingerprint density at radius 1 is 1.00 bits per heavy atom. The van der Waals surface area contributed by atoms with Gasteiger partial charge in [-0.05, 0) is 26.7 Å². The van der Waals surface area contributed by atoms with Crippen LogP contribution in [-0.4, -0.2) is 18.0 Å². The highest BCUT2D eigenvalue weighted by Gasteiger charge is 2.45. The third kappa shape index (κ3) is 1.50. The lowest BCUT2D eigenvalue weighted by molar-refractivity contribution is -0.199. The van der Waals surface area contributed by atoms with Crippen LogP contribution in [0.25, 0.3) is 0 Å². The quantitative estimate of drug-likeness (QED) is 0.556. The number of hydrogen-bond donors (Lipinski definition) is 0. The largest absolute Gasteiger partial charge is 0.347 e. The van der Waals surface area contributed by atoms with Crippen molar-refractivity contribution in [1.82, 2.24) is 0 Å². The lowest BCUT2D eigenvalue weighted by atomic mass is 9.94. The average Bonchev–Trinajstić information content (AvgIpc) is 2.29. The highest BCUT2D eigenvalue weighted by Crippen LogP contribution is 2.41. The smallest absolute Gasteiger partial charge is 0.169 e. The van der Waals surface area contributed by atoms with Crippen LogP contribution in [0, 0.1) is 0 Å². The molecule has 0 unspecified atom stereocenters. The molecule has 1 saturated heterocycles. The van der Waals surface area contributed by atoms with E-state index in [1.165, 1.54) is 19.3 Å². The summed E-state index contributed by atoms with van der Waals surface area (Å²) in [5.74, 6) is -0.193. The SMILES string of the molecule is CC1(C)COC2(CCCCC2)O1. The first-order valence-corrected chi connectivity index (χ1v) is 4.96. The Balaban J connectivity index is 2.03. The van der Waals surface area contributed by atoms with E-state index in [0.717, 1.165) is 19.4 Å². The lowest BCUT2D eigenvalue weighted by Gasteiger charge is -2.32. The van der Waals surface area contributed by atoms with Crippen LogP contribution in [0.4, 0.5) is 0 Å². The second kappa shape index (κ2) is 2.71. The van der Waals surface area contributed by atoms with Crippen molar-refractivity contribution >= 4 is 0 Å². The average molecular weight is 170 g/mol. The van der Waals surface area contributed by atoms with Crippen molar-refractivity contribution < 1.29 is 9.47 Å². The molecule has 12 heavy (non-hydrogen) atoms. The van der Waals surface area contributed by atoms with Crippen LogP contribution in [0.2, 0.25) is 0 Å². The minimum absolute atomic E-state index is 0.0582. The molecular formula is C10H18O2. The molecule has 2 rings (SSSR count). The fraction of sp³-hybridized carbons (Fsp3) is 1.00. The molecule has 0 aromatic rings. The molecular weight excluding hydrogens is 152 g/mol. The zero-order chi connectivity index (χ0) is 8.66. The van der Waals surface area contributed by atoms with E-state index in [4.69, 9.17) is 9.47 Å². The first-order valence-electron chi connectivity index (χ1n) is 4.96. The van der Waals surface area contributed by atoms with E-state index in [0.29, 0.717) is 0 Å². The van der Waals surface area contributed by atoms with Crippen LogP contribution in [0.5, 0.6) is 0 Å². The van der Waals surface area contributed by atoms with Crippen molar-refractivity contribution in [2.45, 2.75) is 57.3 Å². The van der Waals surface area contributed by atoms with Gasteiger partial charge in [0, 0.05) is 12.8 Å². The molecule has 70 valence electrons. The Kier molecular flexibility index (Phi) is 1.92. The summed E-state index contributed by atoms with van der Waals surface area (Å²) in [7, 11) is 0. The van der Waals surface area contributed by atoms with Crippen LogP contribution in [0.1, 0.15) is 46.0 Å². The number of hydrogen-bond acceptors (Lipinski definition) is 2. The van der Waals surface area contributed by atoms with Gasteiger partial charge in [-0.3, -0.25) is 0 Å². The molecule has 1 aliphatic heterocycles. The highest BCUT2D eigenvalue weighted by molar-refractivity contribution is 4.86. The Hall–Kier alpha value is -0.0800. The van der Waals surface area contributed by atoms with Crippen molar-refractivity contribution in [2.24, 2.45) is 0 Å². The molecule has 2 heteroatoms. The molecule has 1 spiro atoms. The summed E-state index contributed by atoms with van der Waals surface area (Å²) in [6.45, 7) is 4.97. The molecule has 1 aliphatic carbocycles. The Bertz CT molecular complexity index is 169. The summed E-state index contributed by atoms with van der Waals surface area (Å²) >= 11 is 0. The topological polar surface area (TPSA) is 18.5 Å². The number of ether oxygens (including phenoxy) is 2. The molecule has 0 aromatic heterocycles. The molecule has 2 fully saturated rings. The van der Waals surface area contributed by atoms with Crippen molar-refractivity contribution in [1.29, 1.82) is 0 Å². The summed E-state index contributed by atoms with van der Waals surface area (Å²) in [5, 5.41) is 0. The van der Waals surface area contributed by atoms with Crippen molar-refractivity contribution in [3.8, 4) is 0 Å². The maximum absolute atomic E-state index is 5.96. The molecule has 2 nitrogen and oxygen atoms in total. The predicted octanol–water partition coefficient (Wildman–Crippen LogP) is 2.47. The van der Waals surface area contributed by atoms with Crippen molar-refractivity contribution in [3.05, 3.63) is 0 Å². The zero-order valence-electron chi connectivity index (χ0n) is 8.06. The van der Waals surface area contributed by atoms with E-state index in [1.807, 2.05) is 0 Å². The normalized spacial score (nSPS) is 32.5. The van der Waals surface area contributed by atoms with Gasteiger partial charge in [0.25, 0.3) is 0 Å². The second-order valence-corrected chi connectivity index (χ2v) is 4.62. The fourth-order valence-corrected chi connectivity index (χ4v) is 2.20. The molecule has 0 aromatic carbocycles. The molecule has 1 saturated carbocycles. The highest BCUT2D eigenvalue weighted by atomic mass is 16.8. The first kappa shape index (κ1) is 8.52. The van der Waals surface area contributed by atoms with Gasteiger partial charge in [-0.15, -0.1) is 0 Å². The van der Waals surface area contributed by atoms with E-state index >= 15 is 0 Å². The minimum atomic E-state index is -0.193. The maximum atomic E-state index is 5.96. The minimum Gasteiger partial charge on any atom is -0.347 e. The molecule has 0 N–H and O–H groups in total. The van der Waals surface area contributed by atoms with E-state index < -0.39 is 0 Å². The molecule has 2 aliphatic rings. The van der Waals surface area contributed by atoms with Gasteiger partial charge < -0.3 is 9.47 Å². The third-order valence-corrected chi connectivity index (χ3v) is 2.76. The molecule has 0 atom stereocenters. The molecule has 1 heterocycles. The summed E-state index contributed by atoms with van der Waals surface area (Å²) < 4.78 is 11.7. The Morgan fingerprint density at radius 2 is 1.67 bits per heavy atom. The third-order valence-electron chi connectivity index (χ3n) is 2.76. The van der Waals surface area contributed by atoms with Crippen LogP contribution in [-0.2, 0) is 9.47 Å². The Labute approximate surface area is 74.2 Å². The van der Waals surface area contributed by atoms with Gasteiger partial charge in [0.05, 0.1) is 12.2 Å². The van der Waals surface area contributed by atoms with E-state index in [-0.39, 0.29) is 11.4 Å². The second-order valence-electron chi connectivity index (χ2n) is 4.62. The number of rotatable bonds is 0. The van der Waals surface area contributed by atoms with Gasteiger partial charge in [0.2, 0.25) is 0 Å². The van der Waals surface area contributed by atoms with E-state index in [1.54, 1.807) is 0 Å². The molecule has 0 amide bonds. The fourth-order valence-electron chi connectivity index (χ4n) is 2.20. The first-order chi connectivity index (χ1) is 5.62. The van der Waals surface area contributed by atoms with E-state index in [9.17, 15) is 0 Å². The van der Waals surface area contributed by atoms with Gasteiger partial charge in [0.15, 0.2) is 5.79 Å². The summed E-state index contributed by atoms with van der Waals surface area (Å²) in [6, 6.07) is 0. The van der Waals surface area contributed by atoms with Crippen LogP contribution >= 0.6 is 0 Å². The van der Waals surface area contributed by atoms with Gasteiger partial charge in [0.1, 0.15) is 0 Å². The maximum Gasteiger partial charge on any atom is 0.169 e. The van der Waals surface area contributed by atoms with Crippen molar-refractivity contribution in [3.63, 3.8) is 0 Å². The summed E-state index contributed by atoms with van der Waals surface area (Å²) in [5.41, 5.74) is -0.0582. The van der Waals surface area contributed by atoms with Gasteiger partial charge in [-0.2, -0.15) is 0 Å². The summed E-state index contributed by atoms with van der Waals surface area (Å²) in [6.07, 6.45) is 6.05. The Morgan fingerprint density at radius 3 is 2.17 bits per heavy atom. The lowest BCUT2D eigenvalue weighted by Crippen LogP contribution is -2.35. The van der Waals surface area contributed by atoms with E-state index in [2.05, 4.69) is 13.8 Å².